The highest BCUT2D eigenvalue weighted by atomic mass is 35.5. The highest BCUT2D eigenvalue weighted by molar-refractivity contribution is 6.34. The molecule has 100 valence electrons. The van der Waals surface area contributed by atoms with Crippen molar-refractivity contribution in [2.24, 2.45) is 0 Å². The molecule has 1 N–H and O–H groups in total. The van der Waals surface area contributed by atoms with Gasteiger partial charge in [-0.1, -0.05) is 46.9 Å². The van der Waals surface area contributed by atoms with E-state index in [0.29, 0.717) is 16.6 Å². The molecule has 2 aromatic carbocycles. The number of benzene rings is 2. The topological polar surface area (TPSA) is 12.0 Å². The summed E-state index contributed by atoms with van der Waals surface area (Å²) in [6.07, 6.45) is 0. The molecule has 0 unspecified atom stereocenters. The number of nitrogens with one attached hydrogen (secondary N) is 1. The Morgan fingerprint density at radius 1 is 0.895 bits per heavy atom. The fraction of sp³-hybridized carbons (Fsp3) is 0.200. The molecule has 0 aliphatic heterocycles. The van der Waals surface area contributed by atoms with E-state index in [0.717, 1.165) is 10.6 Å². The Morgan fingerprint density at radius 2 is 1.47 bits per heavy atom. The number of hydrogen-bond donors (Lipinski definition) is 1. The van der Waals surface area contributed by atoms with E-state index in [4.69, 9.17) is 34.8 Å². The van der Waals surface area contributed by atoms with Crippen LogP contribution < -0.4 is 5.32 Å². The molecule has 1 nitrogen and oxygen atoms in total. The maximum Gasteiger partial charge on any atom is 0.0424 e. The van der Waals surface area contributed by atoms with Crippen LogP contribution in [0.4, 0.5) is 0 Å². The number of halogens is 3. The maximum atomic E-state index is 5.97. The molecule has 0 aliphatic rings. The van der Waals surface area contributed by atoms with Crippen molar-refractivity contribution in [1.82, 2.24) is 5.32 Å². The Morgan fingerprint density at radius 3 is 2.05 bits per heavy atom. The van der Waals surface area contributed by atoms with Gasteiger partial charge >= 0.3 is 0 Å². The number of rotatable bonds is 4. The van der Waals surface area contributed by atoms with Gasteiger partial charge in [0.05, 0.1) is 0 Å². The molecule has 2 aromatic rings. The summed E-state index contributed by atoms with van der Waals surface area (Å²) in [4.78, 5) is 0. The summed E-state index contributed by atoms with van der Waals surface area (Å²) in [7, 11) is 0. The molecule has 0 radical (unpaired) electrons. The molecule has 0 saturated carbocycles. The molecule has 0 aromatic heterocycles. The highest BCUT2D eigenvalue weighted by Crippen LogP contribution is 2.20. The van der Waals surface area contributed by atoms with Crippen LogP contribution in [-0.2, 0) is 6.54 Å². The van der Waals surface area contributed by atoms with E-state index in [1.54, 1.807) is 6.07 Å². The maximum absolute atomic E-state index is 5.97. The SMILES string of the molecule is C[C@@H](NCc1cc(Cl)cc(Cl)c1)c1ccc(Cl)cc1. The van der Waals surface area contributed by atoms with Crippen molar-refractivity contribution in [3.63, 3.8) is 0 Å². The van der Waals surface area contributed by atoms with Crippen LogP contribution in [-0.4, -0.2) is 0 Å². The fourth-order valence-corrected chi connectivity index (χ4v) is 2.55. The average molecular weight is 315 g/mol. The van der Waals surface area contributed by atoms with E-state index in [1.165, 1.54) is 5.56 Å². The molecule has 4 heteroatoms. The first-order valence-electron chi connectivity index (χ1n) is 5.98. The zero-order chi connectivity index (χ0) is 13.8. The molecule has 0 spiro atoms. The van der Waals surface area contributed by atoms with Crippen LogP contribution in [0.2, 0.25) is 15.1 Å². The molecule has 1 atom stereocenters. The molecule has 0 fully saturated rings. The van der Waals surface area contributed by atoms with Gasteiger partial charge in [0.2, 0.25) is 0 Å². The molecule has 0 bridgehead atoms. The summed E-state index contributed by atoms with van der Waals surface area (Å²) in [6.45, 7) is 2.82. The molecule has 0 saturated heterocycles. The molecule has 0 aliphatic carbocycles. The van der Waals surface area contributed by atoms with E-state index in [9.17, 15) is 0 Å². The summed E-state index contributed by atoms with van der Waals surface area (Å²) >= 11 is 17.8. The van der Waals surface area contributed by atoms with Crippen LogP contribution >= 0.6 is 34.8 Å². The first kappa shape index (κ1) is 14.7. The number of hydrogen-bond acceptors (Lipinski definition) is 1. The zero-order valence-corrected chi connectivity index (χ0v) is 12.7. The molecule has 19 heavy (non-hydrogen) atoms. The molecule has 2 rings (SSSR count). The summed E-state index contributed by atoms with van der Waals surface area (Å²) in [6, 6.07) is 13.6. The second-order valence-corrected chi connectivity index (χ2v) is 5.74. The minimum absolute atomic E-state index is 0.232. The van der Waals surface area contributed by atoms with Crippen LogP contribution in [0.25, 0.3) is 0 Å². The largest absolute Gasteiger partial charge is 0.306 e. The summed E-state index contributed by atoms with van der Waals surface area (Å²) in [5, 5.41) is 5.49. The Balaban J connectivity index is 1.99. The smallest absolute Gasteiger partial charge is 0.0424 e. The highest BCUT2D eigenvalue weighted by Gasteiger charge is 2.05. The Labute approximate surface area is 128 Å². The summed E-state index contributed by atoms with van der Waals surface area (Å²) in [5.74, 6) is 0. The van der Waals surface area contributed by atoms with Crippen LogP contribution in [0, 0.1) is 0 Å². The van der Waals surface area contributed by atoms with Gasteiger partial charge in [0.15, 0.2) is 0 Å². The van der Waals surface area contributed by atoms with E-state index in [2.05, 4.69) is 12.2 Å². The lowest BCUT2D eigenvalue weighted by Gasteiger charge is -2.14. The van der Waals surface area contributed by atoms with Crippen LogP contribution in [0.1, 0.15) is 24.1 Å². The van der Waals surface area contributed by atoms with Gasteiger partial charge < -0.3 is 5.32 Å². The van der Waals surface area contributed by atoms with Gasteiger partial charge in [-0.15, -0.1) is 0 Å². The van der Waals surface area contributed by atoms with Gasteiger partial charge in [-0.05, 0) is 48.4 Å². The Bertz CT molecular complexity index is 532. The Kier molecular flexibility index (Phi) is 5.12. The molecule has 0 heterocycles. The van der Waals surface area contributed by atoms with Crippen LogP contribution in [0.5, 0.6) is 0 Å². The standard InChI is InChI=1S/C15H14Cl3N/c1-10(12-2-4-13(16)5-3-12)19-9-11-6-14(17)8-15(18)7-11/h2-8,10,19H,9H2,1H3/t10-/m1/s1. The monoisotopic (exact) mass is 313 g/mol. The van der Waals surface area contributed by atoms with Gasteiger partial charge in [-0.2, -0.15) is 0 Å². The average Bonchev–Trinajstić information content (AvgIpc) is 2.36. The lowest BCUT2D eigenvalue weighted by molar-refractivity contribution is 0.575. The van der Waals surface area contributed by atoms with E-state index in [1.807, 2.05) is 36.4 Å². The third-order valence-electron chi connectivity index (χ3n) is 2.90. The third-order valence-corrected chi connectivity index (χ3v) is 3.59. The quantitative estimate of drug-likeness (QED) is 0.786. The van der Waals surface area contributed by atoms with Gasteiger partial charge in [-0.25, -0.2) is 0 Å². The van der Waals surface area contributed by atoms with E-state index in [-0.39, 0.29) is 6.04 Å². The van der Waals surface area contributed by atoms with Gasteiger partial charge in [0.1, 0.15) is 0 Å². The van der Waals surface area contributed by atoms with Gasteiger partial charge in [0, 0.05) is 27.7 Å². The van der Waals surface area contributed by atoms with Crippen LogP contribution in [0.3, 0.4) is 0 Å². The first-order valence-corrected chi connectivity index (χ1v) is 7.12. The minimum Gasteiger partial charge on any atom is -0.306 e. The first-order chi connectivity index (χ1) is 9.04. The predicted octanol–water partition coefficient (Wildman–Crippen LogP) is 5.50. The van der Waals surface area contributed by atoms with E-state index < -0.39 is 0 Å². The van der Waals surface area contributed by atoms with Crippen molar-refractivity contribution in [2.75, 3.05) is 0 Å². The second kappa shape index (κ2) is 6.62. The lowest BCUT2D eigenvalue weighted by Crippen LogP contribution is -2.18. The zero-order valence-electron chi connectivity index (χ0n) is 10.5. The molecule has 0 amide bonds. The second-order valence-electron chi connectivity index (χ2n) is 4.43. The minimum atomic E-state index is 0.232. The Hall–Kier alpha value is -0.730. The lowest BCUT2D eigenvalue weighted by atomic mass is 10.1. The van der Waals surface area contributed by atoms with Crippen molar-refractivity contribution in [2.45, 2.75) is 19.5 Å². The van der Waals surface area contributed by atoms with E-state index >= 15 is 0 Å². The third kappa shape index (κ3) is 4.39. The fourth-order valence-electron chi connectivity index (χ4n) is 1.85. The van der Waals surface area contributed by atoms with Gasteiger partial charge in [-0.3, -0.25) is 0 Å². The normalized spacial score (nSPS) is 12.4. The van der Waals surface area contributed by atoms with Crippen molar-refractivity contribution in [1.29, 1.82) is 0 Å². The van der Waals surface area contributed by atoms with Crippen molar-refractivity contribution < 1.29 is 0 Å². The van der Waals surface area contributed by atoms with Gasteiger partial charge in [0.25, 0.3) is 0 Å². The molecular weight excluding hydrogens is 301 g/mol. The summed E-state index contributed by atoms with van der Waals surface area (Å²) < 4.78 is 0. The van der Waals surface area contributed by atoms with Crippen molar-refractivity contribution in [3.05, 3.63) is 68.7 Å². The predicted molar refractivity (Wildman–Crippen MR) is 83.2 cm³/mol. The van der Waals surface area contributed by atoms with Crippen molar-refractivity contribution in [3.8, 4) is 0 Å². The van der Waals surface area contributed by atoms with Crippen LogP contribution in [0.15, 0.2) is 42.5 Å². The molecular formula is C15H14Cl3N. The van der Waals surface area contributed by atoms with Crippen molar-refractivity contribution >= 4 is 34.8 Å². The summed E-state index contributed by atoms with van der Waals surface area (Å²) in [5.41, 5.74) is 2.26.